The molecule has 0 saturated carbocycles. The summed E-state index contributed by atoms with van der Waals surface area (Å²) in [6.45, 7) is 2.96. The van der Waals surface area contributed by atoms with Crippen LogP contribution >= 0.6 is 0 Å². The maximum atomic E-state index is 10.9. The second-order valence-electron chi connectivity index (χ2n) is 5.33. The molecule has 0 fully saturated rings. The van der Waals surface area contributed by atoms with Crippen molar-refractivity contribution in [3.63, 3.8) is 0 Å². The molecule has 22 heavy (non-hydrogen) atoms. The SMILES string of the molecule is C#CC(=O)Oc1ccc(OCCCCCCCCCC)cc1. The number of ether oxygens (including phenoxy) is 2. The Morgan fingerprint density at radius 2 is 1.50 bits per heavy atom. The van der Waals surface area contributed by atoms with E-state index in [1.165, 1.54) is 44.9 Å². The van der Waals surface area contributed by atoms with E-state index in [9.17, 15) is 4.79 Å². The lowest BCUT2D eigenvalue weighted by atomic mass is 10.1. The van der Waals surface area contributed by atoms with Gasteiger partial charge >= 0.3 is 5.97 Å². The first-order chi connectivity index (χ1) is 10.8. The normalized spacial score (nSPS) is 10.0. The van der Waals surface area contributed by atoms with Crippen molar-refractivity contribution >= 4 is 5.97 Å². The summed E-state index contributed by atoms with van der Waals surface area (Å²) in [6, 6.07) is 6.92. The van der Waals surface area contributed by atoms with Gasteiger partial charge < -0.3 is 9.47 Å². The zero-order chi connectivity index (χ0) is 16.0. The van der Waals surface area contributed by atoms with Crippen molar-refractivity contribution in [2.24, 2.45) is 0 Å². The zero-order valence-electron chi connectivity index (χ0n) is 13.5. The number of rotatable bonds is 11. The third kappa shape index (κ3) is 8.36. The van der Waals surface area contributed by atoms with Gasteiger partial charge in [0, 0.05) is 5.92 Å². The Morgan fingerprint density at radius 1 is 0.955 bits per heavy atom. The molecule has 0 amide bonds. The van der Waals surface area contributed by atoms with E-state index in [0.717, 1.165) is 18.8 Å². The van der Waals surface area contributed by atoms with Gasteiger partial charge in [0.2, 0.25) is 0 Å². The number of hydrogen-bond acceptors (Lipinski definition) is 3. The van der Waals surface area contributed by atoms with Crippen LogP contribution in [0.5, 0.6) is 11.5 Å². The number of benzene rings is 1. The van der Waals surface area contributed by atoms with Crippen LogP contribution in [0, 0.1) is 12.3 Å². The first-order valence-corrected chi connectivity index (χ1v) is 8.17. The van der Waals surface area contributed by atoms with Gasteiger partial charge in [-0.2, -0.15) is 0 Å². The molecule has 0 N–H and O–H groups in total. The smallest absolute Gasteiger partial charge is 0.389 e. The zero-order valence-corrected chi connectivity index (χ0v) is 13.5. The Kier molecular flexibility index (Phi) is 9.61. The van der Waals surface area contributed by atoms with Gasteiger partial charge in [-0.05, 0) is 30.7 Å². The van der Waals surface area contributed by atoms with Gasteiger partial charge in [-0.15, -0.1) is 6.42 Å². The molecular weight excluding hydrogens is 276 g/mol. The average molecular weight is 302 g/mol. The Morgan fingerprint density at radius 3 is 2.09 bits per heavy atom. The van der Waals surface area contributed by atoms with Crippen molar-refractivity contribution in [1.82, 2.24) is 0 Å². The van der Waals surface area contributed by atoms with Crippen LogP contribution in [-0.4, -0.2) is 12.6 Å². The first kappa shape index (κ1) is 18.1. The quantitative estimate of drug-likeness (QED) is 0.195. The monoisotopic (exact) mass is 302 g/mol. The third-order valence-corrected chi connectivity index (χ3v) is 3.42. The van der Waals surface area contributed by atoms with Gasteiger partial charge in [0.25, 0.3) is 0 Å². The fourth-order valence-corrected chi connectivity index (χ4v) is 2.17. The molecule has 0 aliphatic rings. The molecule has 0 unspecified atom stereocenters. The summed E-state index contributed by atoms with van der Waals surface area (Å²) >= 11 is 0. The first-order valence-electron chi connectivity index (χ1n) is 8.17. The van der Waals surface area contributed by atoms with E-state index < -0.39 is 5.97 Å². The molecule has 120 valence electrons. The topological polar surface area (TPSA) is 35.5 Å². The standard InChI is InChI=1S/C19H26O3/c1-3-5-6-7-8-9-10-11-16-21-17-12-14-18(15-13-17)22-19(20)4-2/h2,12-15H,3,5-11,16H2,1H3. The van der Waals surface area contributed by atoms with Gasteiger partial charge in [0.1, 0.15) is 11.5 Å². The summed E-state index contributed by atoms with van der Waals surface area (Å²) in [5, 5.41) is 0. The minimum absolute atomic E-state index is 0.433. The average Bonchev–Trinajstić information content (AvgIpc) is 2.54. The van der Waals surface area contributed by atoms with Gasteiger partial charge in [-0.1, -0.05) is 51.9 Å². The number of unbranched alkanes of at least 4 members (excludes halogenated alkanes) is 7. The molecule has 0 aliphatic carbocycles. The van der Waals surface area contributed by atoms with Crippen LogP contribution in [0.2, 0.25) is 0 Å². The predicted molar refractivity (Wildman–Crippen MR) is 89.0 cm³/mol. The van der Waals surface area contributed by atoms with Crippen molar-refractivity contribution in [2.45, 2.75) is 58.3 Å². The van der Waals surface area contributed by atoms with Crippen molar-refractivity contribution in [3.05, 3.63) is 24.3 Å². The van der Waals surface area contributed by atoms with Gasteiger partial charge in [0.05, 0.1) is 6.61 Å². The molecule has 1 aromatic rings. The summed E-state index contributed by atoms with van der Waals surface area (Å²) in [6.07, 6.45) is 15.2. The number of esters is 1. The predicted octanol–water partition coefficient (Wildman–Crippen LogP) is 4.74. The van der Waals surface area contributed by atoms with E-state index in [4.69, 9.17) is 15.9 Å². The fourth-order valence-electron chi connectivity index (χ4n) is 2.17. The Hall–Kier alpha value is -1.95. The molecule has 0 heterocycles. The van der Waals surface area contributed by atoms with E-state index in [1.54, 1.807) is 24.3 Å². The molecule has 3 nitrogen and oxygen atoms in total. The third-order valence-electron chi connectivity index (χ3n) is 3.42. The van der Waals surface area contributed by atoms with Crippen LogP contribution in [0.25, 0.3) is 0 Å². The lowest BCUT2D eigenvalue weighted by molar-refractivity contribution is -0.128. The number of terminal acetylenes is 1. The minimum atomic E-state index is -0.687. The summed E-state index contributed by atoms with van der Waals surface area (Å²) in [4.78, 5) is 10.9. The van der Waals surface area contributed by atoms with Crippen molar-refractivity contribution in [2.75, 3.05) is 6.61 Å². The van der Waals surface area contributed by atoms with Crippen LogP contribution < -0.4 is 9.47 Å². The second-order valence-corrected chi connectivity index (χ2v) is 5.33. The summed E-state index contributed by atoms with van der Waals surface area (Å²) in [7, 11) is 0. The Bertz CT molecular complexity index is 457. The van der Waals surface area contributed by atoms with Crippen molar-refractivity contribution in [1.29, 1.82) is 0 Å². The van der Waals surface area contributed by atoms with E-state index in [-0.39, 0.29) is 0 Å². The number of carbonyl (C=O) groups excluding carboxylic acids is 1. The molecule has 0 spiro atoms. The summed E-state index contributed by atoms with van der Waals surface area (Å²) in [5.41, 5.74) is 0. The van der Waals surface area contributed by atoms with Crippen LogP contribution in [0.3, 0.4) is 0 Å². The Labute approximate surface area is 134 Å². The Balaban J connectivity index is 2.08. The molecule has 3 heteroatoms. The van der Waals surface area contributed by atoms with Crippen molar-refractivity contribution in [3.8, 4) is 23.8 Å². The highest BCUT2D eigenvalue weighted by Crippen LogP contribution is 2.18. The molecule has 0 aliphatic heterocycles. The molecule has 0 aromatic heterocycles. The summed E-state index contributed by atoms with van der Waals surface area (Å²) in [5.74, 6) is 2.43. The van der Waals surface area contributed by atoms with Crippen LogP contribution in [0.4, 0.5) is 0 Å². The lowest BCUT2D eigenvalue weighted by Crippen LogP contribution is -2.03. The van der Waals surface area contributed by atoms with E-state index >= 15 is 0 Å². The van der Waals surface area contributed by atoms with Gasteiger partial charge in [-0.25, -0.2) is 4.79 Å². The highest BCUT2D eigenvalue weighted by Gasteiger charge is 2.01. The molecule has 0 bridgehead atoms. The van der Waals surface area contributed by atoms with Crippen LogP contribution in [0.1, 0.15) is 58.3 Å². The van der Waals surface area contributed by atoms with Crippen LogP contribution in [-0.2, 0) is 4.79 Å². The molecule has 0 saturated heterocycles. The number of carbonyl (C=O) groups is 1. The molecule has 1 rings (SSSR count). The largest absolute Gasteiger partial charge is 0.494 e. The van der Waals surface area contributed by atoms with E-state index in [1.807, 2.05) is 5.92 Å². The lowest BCUT2D eigenvalue weighted by Gasteiger charge is -2.07. The van der Waals surface area contributed by atoms with Gasteiger partial charge in [0.15, 0.2) is 0 Å². The maximum Gasteiger partial charge on any atom is 0.389 e. The fraction of sp³-hybridized carbons (Fsp3) is 0.526. The molecule has 1 aromatic carbocycles. The van der Waals surface area contributed by atoms with Gasteiger partial charge in [-0.3, -0.25) is 0 Å². The summed E-state index contributed by atoms with van der Waals surface area (Å²) < 4.78 is 10.5. The maximum absolute atomic E-state index is 10.9. The van der Waals surface area contributed by atoms with Crippen LogP contribution in [0.15, 0.2) is 24.3 Å². The van der Waals surface area contributed by atoms with E-state index in [2.05, 4.69) is 6.92 Å². The highest BCUT2D eigenvalue weighted by atomic mass is 16.5. The molecule has 0 radical (unpaired) electrons. The molecule has 0 atom stereocenters. The van der Waals surface area contributed by atoms with E-state index in [0.29, 0.717) is 5.75 Å². The minimum Gasteiger partial charge on any atom is -0.494 e. The second kappa shape index (κ2) is 11.7. The van der Waals surface area contributed by atoms with Crippen molar-refractivity contribution < 1.29 is 14.3 Å². The highest BCUT2D eigenvalue weighted by molar-refractivity contribution is 5.89. The molecular formula is C19H26O3. The number of hydrogen-bond donors (Lipinski definition) is 0.